The molecule has 0 saturated carbocycles. The molecule has 0 atom stereocenters. The van der Waals surface area contributed by atoms with E-state index in [1.54, 1.807) is 39.0 Å². The Kier molecular flexibility index (Phi) is 5.57. The normalized spacial score (nSPS) is 11.1. The fourth-order valence-corrected chi connectivity index (χ4v) is 1.71. The number of Topliss-reactive ketones (excluding diaryl/α,β-unsaturated/α-hetero) is 1. The number of hydrogen-bond donors (Lipinski definition) is 1. The predicted octanol–water partition coefficient (Wildman–Crippen LogP) is 4.21. The second kappa shape index (κ2) is 6.75. The number of halogens is 1. The highest BCUT2D eigenvalue weighted by molar-refractivity contribution is 6.33. The summed E-state index contributed by atoms with van der Waals surface area (Å²) in [6.07, 6.45) is 0.243. The lowest BCUT2D eigenvalue weighted by Crippen LogP contribution is -2.27. The van der Waals surface area contributed by atoms with E-state index in [2.05, 4.69) is 5.32 Å². The number of ether oxygens (including phenoxy) is 1. The summed E-state index contributed by atoms with van der Waals surface area (Å²) in [6.45, 7) is 7.16. The molecule has 0 aliphatic heterocycles. The molecule has 0 fully saturated rings. The monoisotopic (exact) mass is 297 g/mol. The zero-order valence-electron chi connectivity index (χ0n) is 12.2. The minimum atomic E-state index is -0.577. The van der Waals surface area contributed by atoms with Crippen molar-refractivity contribution < 1.29 is 14.3 Å². The van der Waals surface area contributed by atoms with E-state index < -0.39 is 11.7 Å². The lowest BCUT2D eigenvalue weighted by atomic mass is 10.1. The molecule has 110 valence electrons. The van der Waals surface area contributed by atoms with Gasteiger partial charge in [0, 0.05) is 12.8 Å². The van der Waals surface area contributed by atoms with Crippen LogP contribution < -0.4 is 5.32 Å². The lowest BCUT2D eigenvalue weighted by Gasteiger charge is -2.20. The summed E-state index contributed by atoms with van der Waals surface area (Å²) in [4.78, 5) is 23.2. The first-order chi connectivity index (χ1) is 9.21. The zero-order valence-corrected chi connectivity index (χ0v) is 13.0. The van der Waals surface area contributed by atoms with Crippen LogP contribution in [0.4, 0.5) is 10.5 Å². The Morgan fingerprint density at radius 3 is 2.50 bits per heavy atom. The molecule has 0 unspecified atom stereocenters. The van der Waals surface area contributed by atoms with Crippen molar-refractivity contribution in [1.82, 2.24) is 0 Å². The van der Waals surface area contributed by atoms with Gasteiger partial charge < -0.3 is 4.74 Å². The van der Waals surface area contributed by atoms with Crippen LogP contribution in [0.5, 0.6) is 0 Å². The minimum absolute atomic E-state index is 0.135. The Bertz CT molecular complexity index is 506. The first-order valence-corrected chi connectivity index (χ1v) is 6.89. The maximum atomic E-state index is 11.7. The quantitative estimate of drug-likeness (QED) is 0.905. The molecule has 5 heteroatoms. The van der Waals surface area contributed by atoms with Crippen LogP contribution in [0.15, 0.2) is 18.2 Å². The first kappa shape index (κ1) is 16.5. The molecular weight excluding hydrogens is 278 g/mol. The van der Waals surface area contributed by atoms with E-state index in [1.807, 2.05) is 6.92 Å². The second-order valence-corrected chi connectivity index (χ2v) is 5.92. The van der Waals surface area contributed by atoms with Crippen LogP contribution in [0.1, 0.15) is 39.7 Å². The molecule has 4 nitrogen and oxygen atoms in total. The molecule has 0 aliphatic rings. The Labute approximate surface area is 124 Å². The van der Waals surface area contributed by atoms with E-state index in [9.17, 15) is 9.59 Å². The van der Waals surface area contributed by atoms with Gasteiger partial charge in [0.05, 0.1) is 10.7 Å². The average molecular weight is 298 g/mol. The molecule has 20 heavy (non-hydrogen) atoms. The number of anilines is 1. The van der Waals surface area contributed by atoms with Crippen molar-refractivity contribution in [2.24, 2.45) is 0 Å². The molecule has 1 aromatic rings. The van der Waals surface area contributed by atoms with Crippen molar-refractivity contribution in [2.45, 2.75) is 46.1 Å². The van der Waals surface area contributed by atoms with Gasteiger partial charge in [0.25, 0.3) is 0 Å². The van der Waals surface area contributed by atoms with Crippen LogP contribution in [0.2, 0.25) is 5.02 Å². The molecule has 0 bridgehead atoms. The molecule has 0 radical (unpaired) electrons. The second-order valence-electron chi connectivity index (χ2n) is 5.51. The third-order valence-electron chi connectivity index (χ3n) is 2.46. The maximum absolute atomic E-state index is 11.7. The molecule has 1 rings (SSSR count). The third kappa shape index (κ3) is 5.61. The molecule has 1 N–H and O–H groups in total. The van der Waals surface area contributed by atoms with Crippen LogP contribution in [0.3, 0.4) is 0 Å². The summed E-state index contributed by atoms with van der Waals surface area (Å²) in [5, 5.41) is 3.00. The highest BCUT2D eigenvalue weighted by atomic mass is 35.5. The summed E-state index contributed by atoms with van der Waals surface area (Å²) in [6, 6.07) is 5.13. The highest BCUT2D eigenvalue weighted by Crippen LogP contribution is 2.24. The predicted molar refractivity (Wildman–Crippen MR) is 80.3 cm³/mol. The molecule has 1 aromatic carbocycles. The molecule has 0 heterocycles. The highest BCUT2D eigenvalue weighted by Gasteiger charge is 2.17. The van der Waals surface area contributed by atoms with Gasteiger partial charge >= 0.3 is 6.09 Å². The van der Waals surface area contributed by atoms with Gasteiger partial charge in [-0.2, -0.15) is 0 Å². The van der Waals surface area contributed by atoms with Gasteiger partial charge in [-0.15, -0.1) is 0 Å². The third-order valence-corrected chi connectivity index (χ3v) is 2.79. The number of ketones is 1. The van der Waals surface area contributed by atoms with Gasteiger partial charge in [-0.25, -0.2) is 4.79 Å². The first-order valence-electron chi connectivity index (χ1n) is 6.51. The van der Waals surface area contributed by atoms with Gasteiger partial charge in [0.2, 0.25) is 0 Å². The van der Waals surface area contributed by atoms with Gasteiger partial charge in [-0.3, -0.25) is 10.1 Å². The summed E-state index contributed by atoms with van der Waals surface area (Å²) >= 11 is 6.03. The number of carbonyl (C=O) groups is 2. The van der Waals surface area contributed by atoms with Gasteiger partial charge in [-0.1, -0.05) is 24.6 Å². The average Bonchev–Trinajstić information content (AvgIpc) is 2.30. The van der Waals surface area contributed by atoms with Gasteiger partial charge in [-0.05, 0) is 38.5 Å². The SMILES string of the molecule is CCC(=O)Cc1ccc(Cl)c(NC(=O)OC(C)(C)C)c1. The fraction of sp³-hybridized carbons (Fsp3) is 0.467. The summed E-state index contributed by atoms with van der Waals surface area (Å²) < 4.78 is 5.16. The van der Waals surface area contributed by atoms with E-state index in [0.29, 0.717) is 23.6 Å². The van der Waals surface area contributed by atoms with Crippen LogP contribution in [0, 0.1) is 0 Å². The maximum Gasteiger partial charge on any atom is 0.412 e. The van der Waals surface area contributed by atoms with Crippen molar-refractivity contribution in [2.75, 3.05) is 5.32 Å². The minimum Gasteiger partial charge on any atom is -0.444 e. The van der Waals surface area contributed by atoms with Gasteiger partial charge in [0.1, 0.15) is 11.4 Å². The zero-order chi connectivity index (χ0) is 15.3. The topological polar surface area (TPSA) is 55.4 Å². The Morgan fingerprint density at radius 1 is 1.30 bits per heavy atom. The Hall–Kier alpha value is -1.55. The molecular formula is C15H20ClNO3. The number of nitrogens with one attached hydrogen (secondary N) is 1. The van der Waals surface area contributed by atoms with Crippen LogP contribution in [-0.4, -0.2) is 17.5 Å². The number of hydrogen-bond acceptors (Lipinski definition) is 3. The standard InChI is InChI=1S/C15H20ClNO3/c1-5-11(18)8-10-6-7-12(16)13(9-10)17-14(19)20-15(2,3)4/h6-7,9H,5,8H2,1-4H3,(H,17,19). The van der Waals surface area contributed by atoms with Crippen molar-refractivity contribution in [3.05, 3.63) is 28.8 Å². The van der Waals surface area contributed by atoms with Crippen LogP contribution >= 0.6 is 11.6 Å². The summed E-state index contributed by atoms with van der Waals surface area (Å²) in [7, 11) is 0. The molecule has 0 saturated heterocycles. The van der Waals surface area contributed by atoms with E-state index in [1.165, 1.54) is 0 Å². The van der Waals surface area contributed by atoms with Crippen LogP contribution in [0.25, 0.3) is 0 Å². The van der Waals surface area contributed by atoms with Crippen molar-refractivity contribution >= 4 is 29.2 Å². The van der Waals surface area contributed by atoms with E-state index in [0.717, 1.165) is 5.56 Å². The Morgan fingerprint density at radius 2 is 1.95 bits per heavy atom. The Balaban J connectivity index is 2.81. The van der Waals surface area contributed by atoms with E-state index in [-0.39, 0.29) is 5.78 Å². The molecule has 0 aromatic heterocycles. The van der Waals surface area contributed by atoms with Crippen molar-refractivity contribution in [3.63, 3.8) is 0 Å². The molecule has 0 spiro atoms. The van der Waals surface area contributed by atoms with Crippen molar-refractivity contribution in [3.8, 4) is 0 Å². The van der Waals surface area contributed by atoms with E-state index >= 15 is 0 Å². The number of carbonyl (C=O) groups excluding carboxylic acids is 2. The number of rotatable bonds is 4. The molecule has 0 aliphatic carbocycles. The lowest BCUT2D eigenvalue weighted by molar-refractivity contribution is -0.118. The molecule has 1 amide bonds. The largest absolute Gasteiger partial charge is 0.444 e. The fourth-order valence-electron chi connectivity index (χ4n) is 1.54. The number of amides is 1. The smallest absolute Gasteiger partial charge is 0.412 e. The van der Waals surface area contributed by atoms with E-state index in [4.69, 9.17) is 16.3 Å². The summed E-state index contributed by atoms with van der Waals surface area (Å²) in [5.74, 6) is 0.135. The van der Waals surface area contributed by atoms with Gasteiger partial charge in [0.15, 0.2) is 0 Å². The number of benzene rings is 1. The van der Waals surface area contributed by atoms with Crippen molar-refractivity contribution in [1.29, 1.82) is 0 Å². The summed E-state index contributed by atoms with van der Waals surface area (Å²) in [5.41, 5.74) is 0.682. The van der Waals surface area contributed by atoms with Crippen LogP contribution in [-0.2, 0) is 16.0 Å².